The molecule has 138 valence electrons. The molecule has 1 N–H and O–H groups in total. The van der Waals surface area contributed by atoms with Crippen LogP contribution in [-0.4, -0.2) is 23.5 Å². The first-order valence-corrected chi connectivity index (χ1v) is 8.60. The third-order valence-electron chi connectivity index (χ3n) is 4.52. The van der Waals surface area contributed by atoms with Crippen molar-refractivity contribution in [1.82, 2.24) is 5.32 Å². The molecule has 0 saturated carbocycles. The zero-order chi connectivity index (χ0) is 19.6. The maximum Gasteiger partial charge on any atom is 0.375 e. The Kier molecular flexibility index (Phi) is 5.62. The Bertz CT molecular complexity index is 897. The third kappa shape index (κ3) is 3.68. The van der Waals surface area contributed by atoms with Gasteiger partial charge in [-0.15, -0.1) is 0 Å². The van der Waals surface area contributed by atoms with Crippen LogP contribution in [0.1, 0.15) is 43.8 Å². The highest BCUT2D eigenvalue weighted by atomic mass is 35.5. The first-order chi connectivity index (χ1) is 12.1. The Balaban J connectivity index is 2.17. The van der Waals surface area contributed by atoms with Crippen molar-refractivity contribution in [3.63, 3.8) is 0 Å². The molecular formula is C19H21ClN2O4. The standard InChI is InChI=1S/C19H21ClN2O4/c1-10(2)19(5,9-21)22-17(23)12(4)25-18(24)15-11(3)13-7-6-8-14(20)16(13)26-15/h6-8,10,12H,1-5H3,(H,22,23)/t12-,19+/m1/s1. The lowest BCUT2D eigenvalue weighted by Crippen LogP contribution is -2.52. The number of furan rings is 1. The van der Waals surface area contributed by atoms with E-state index in [2.05, 4.69) is 11.4 Å². The Morgan fingerprint density at radius 1 is 1.35 bits per heavy atom. The molecule has 0 spiro atoms. The lowest BCUT2D eigenvalue weighted by molar-refractivity contribution is -0.130. The van der Waals surface area contributed by atoms with Gasteiger partial charge in [-0.1, -0.05) is 37.6 Å². The van der Waals surface area contributed by atoms with Gasteiger partial charge in [-0.05, 0) is 32.8 Å². The van der Waals surface area contributed by atoms with E-state index in [1.54, 1.807) is 32.0 Å². The van der Waals surface area contributed by atoms with Crippen LogP contribution in [0.3, 0.4) is 0 Å². The van der Waals surface area contributed by atoms with Gasteiger partial charge in [0, 0.05) is 10.9 Å². The van der Waals surface area contributed by atoms with Crippen molar-refractivity contribution < 1.29 is 18.7 Å². The van der Waals surface area contributed by atoms with Gasteiger partial charge in [-0.25, -0.2) is 4.79 Å². The maximum absolute atomic E-state index is 12.4. The third-order valence-corrected chi connectivity index (χ3v) is 4.82. The number of hydrogen-bond donors (Lipinski definition) is 1. The van der Waals surface area contributed by atoms with Crippen molar-refractivity contribution in [2.75, 3.05) is 0 Å². The van der Waals surface area contributed by atoms with Crippen LogP contribution in [0.25, 0.3) is 11.0 Å². The fourth-order valence-corrected chi connectivity index (χ4v) is 2.54. The molecule has 1 amide bonds. The van der Waals surface area contributed by atoms with Crippen LogP contribution in [0.5, 0.6) is 0 Å². The molecule has 1 aromatic heterocycles. The average molecular weight is 377 g/mol. The van der Waals surface area contributed by atoms with Crippen LogP contribution < -0.4 is 5.32 Å². The molecule has 0 aliphatic carbocycles. The summed E-state index contributed by atoms with van der Waals surface area (Å²) in [4.78, 5) is 24.7. The SMILES string of the molecule is Cc1c(C(=O)O[C@H](C)C(=O)N[C@@](C)(C#N)C(C)C)oc2c(Cl)cccc12. The minimum Gasteiger partial charge on any atom is -0.447 e. The second-order valence-electron chi connectivity index (χ2n) is 6.68. The van der Waals surface area contributed by atoms with Gasteiger partial charge in [0.1, 0.15) is 5.54 Å². The summed E-state index contributed by atoms with van der Waals surface area (Å²) in [5.74, 6) is -1.43. The molecule has 0 radical (unpaired) electrons. The largest absolute Gasteiger partial charge is 0.447 e. The van der Waals surface area contributed by atoms with E-state index in [1.807, 2.05) is 13.8 Å². The highest BCUT2D eigenvalue weighted by Crippen LogP contribution is 2.31. The molecule has 0 unspecified atom stereocenters. The molecular weight excluding hydrogens is 356 g/mol. The van der Waals surface area contributed by atoms with E-state index in [4.69, 9.17) is 20.8 Å². The number of benzene rings is 1. The van der Waals surface area contributed by atoms with Gasteiger partial charge in [-0.2, -0.15) is 5.26 Å². The number of nitrogens with zero attached hydrogens (tertiary/aromatic N) is 1. The zero-order valence-electron chi connectivity index (χ0n) is 15.3. The van der Waals surface area contributed by atoms with E-state index in [9.17, 15) is 14.9 Å². The van der Waals surface area contributed by atoms with Gasteiger partial charge < -0.3 is 14.5 Å². The van der Waals surface area contributed by atoms with Gasteiger partial charge in [0.25, 0.3) is 5.91 Å². The zero-order valence-corrected chi connectivity index (χ0v) is 16.1. The minimum atomic E-state index is -1.09. The lowest BCUT2D eigenvalue weighted by atomic mass is 9.90. The van der Waals surface area contributed by atoms with Crippen LogP contribution in [0.2, 0.25) is 5.02 Å². The number of ether oxygens (including phenoxy) is 1. The molecule has 2 rings (SSSR count). The molecule has 0 saturated heterocycles. The summed E-state index contributed by atoms with van der Waals surface area (Å²) < 4.78 is 10.8. The molecule has 0 fully saturated rings. The molecule has 2 atom stereocenters. The van der Waals surface area contributed by atoms with Crippen LogP contribution in [0, 0.1) is 24.2 Å². The van der Waals surface area contributed by atoms with E-state index in [1.165, 1.54) is 6.92 Å². The number of carbonyl (C=O) groups excluding carboxylic acids is 2. The Hall–Kier alpha value is -2.52. The maximum atomic E-state index is 12.4. The van der Waals surface area contributed by atoms with E-state index in [0.29, 0.717) is 21.6 Å². The van der Waals surface area contributed by atoms with E-state index in [0.717, 1.165) is 0 Å². The summed E-state index contributed by atoms with van der Waals surface area (Å²) in [5.41, 5.74) is -0.0719. The molecule has 0 bridgehead atoms. The lowest BCUT2D eigenvalue weighted by Gasteiger charge is -2.28. The van der Waals surface area contributed by atoms with E-state index < -0.39 is 23.5 Å². The normalized spacial score (nSPS) is 14.5. The number of rotatable bonds is 5. The van der Waals surface area contributed by atoms with Crippen molar-refractivity contribution in [3.8, 4) is 6.07 Å². The van der Waals surface area contributed by atoms with E-state index >= 15 is 0 Å². The first-order valence-electron chi connectivity index (χ1n) is 8.22. The van der Waals surface area contributed by atoms with Crippen molar-refractivity contribution in [2.24, 2.45) is 5.92 Å². The summed E-state index contributed by atoms with van der Waals surface area (Å²) in [7, 11) is 0. The van der Waals surface area contributed by atoms with Crippen molar-refractivity contribution >= 4 is 34.4 Å². The molecule has 0 aliphatic heterocycles. The van der Waals surface area contributed by atoms with E-state index in [-0.39, 0.29) is 11.7 Å². The van der Waals surface area contributed by atoms with Crippen molar-refractivity contribution in [1.29, 1.82) is 5.26 Å². The minimum absolute atomic E-state index is 0.000320. The number of amides is 1. The van der Waals surface area contributed by atoms with Gasteiger partial charge in [0.2, 0.25) is 5.76 Å². The van der Waals surface area contributed by atoms with Crippen molar-refractivity contribution in [3.05, 3.63) is 34.5 Å². The Morgan fingerprint density at radius 3 is 2.54 bits per heavy atom. The number of carbonyl (C=O) groups is 2. The van der Waals surface area contributed by atoms with Gasteiger partial charge >= 0.3 is 5.97 Å². The molecule has 1 heterocycles. The van der Waals surface area contributed by atoms with Gasteiger partial charge in [0.05, 0.1) is 11.1 Å². The number of esters is 1. The predicted octanol–water partition coefficient (Wildman–Crippen LogP) is 3.99. The topological polar surface area (TPSA) is 92.3 Å². The fraction of sp³-hybridized carbons (Fsp3) is 0.421. The summed E-state index contributed by atoms with van der Waals surface area (Å²) in [6.45, 7) is 8.42. The summed E-state index contributed by atoms with van der Waals surface area (Å²) in [6.07, 6.45) is -1.09. The number of halogens is 1. The summed E-state index contributed by atoms with van der Waals surface area (Å²) in [6, 6.07) is 7.28. The fourth-order valence-electron chi connectivity index (χ4n) is 2.33. The molecule has 1 aromatic carbocycles. The quantitative estimate of drug-likeness (QED) is 0.796. The number of hydrogen-bond acceptors (Lipinski definition) is 5. The van der Waals surface area contributed by atoms with Crippen LogP contribution >= 0.6 is 11.6 Å². The molecule has 26 heavy (non-hydrogen) atoms. The number of nitrogens with one attached hydrogen (secondary N) is 1. The number of aryl methyl sites for hydroxylation is 1. The number of para-hydroxylation sites is 1. The van der Waals surface area contributed by atoms with Crippen LogP contribution in [0.4, 0.5) is 0 Å². The molecule has 0 aliphatic rings. The van der Waals surface area contributed by atoms with Crippen LogP contribution in [-0.2, 0) is 9.53 Å². The highest BCUT2D eigenvalue weighted by molar-refractivity contribution is 6.35. The molecule has 7 heteroatoms. The first kappa shape index (κ1) is 19.8. The Morgan fingerprint density at radius 2 is 2.00 bits per heavy atom. The average Bonchev–Trinajstić information content (AvgIpc) is 2.93. The molecule has 6 nitrogen and oxygen atoms in total. The summed E-state index contributed by atoms with van der Waals surface area (Å²) >= 11 is 6.08. The second kappa shape index (κ2) is 7.38. The van der Waals surface area contributed by atoms with Gasteiger partial charge in [-0.3, -0.25) is 4.79 Å². The number of nitriles is 1. The Labute approximate surface area is 157 Å². The highest BCUT2D eigenvalue weighted by Gasteiger charge is 2.33. The monoisotopic (exact) mass is 376 g/mol. The smallest absolute Gasteiger partial charge is 0.375 e. The summed E-state index contributed by atoms with van der Waals surface area (Å²) in [5, 5.41) is 13.0. The number of fused-ring (bicyclic) bond motifs is 1. The van der Waals surface area contributed by atoms with Crippen LogP contribution in [0.15, 0.2) is 22.6 Å². The van der Waals surface area contributed by atoms with Crippen molar-refractivity contribution in [2.45, 2.75) is 46.3 Å². The predicted molar refractivity (Wildman–Crippen MR) is 97.8 cm³/mol. The molecule has 2 aromatic rings. The van der Waals surface area contributed by atoms with Gasteiger partial charge in [0.15, 0.2) is 11.7 Å². The second-order valence-corrected chi connectivity index (χ2v) is 7.09.